The molecule has 7 nitrogen and oxygen atoms in total. The Morgan fingerprint density at radius 1 is 0.854 bits per heavy atom. The molecule has 3 rings (SSSR count). The average molecular weight is 659 g/mol. The molecule has 2 amide bonds. The van der Waals surface area contributed by atoms with Crippen LogP contribution in [0.25, 0.3) is 0 Å². The van der Waals surface area contributed by atoms with Crippen LogP contribution in [0.15, 0.2) is 66.7 Å². The highest BCUT2D eigenvalue weighted by Crippen LogP contribution is 2.30. The lowest BCUT2D eigenvalue weighted by Crippen LogP contribution is -2.56. The summed E-state index contributed by atoms with van der Waals surface area (Å²) in [6, 6.07) is 17.4. The van der Waals surface area contributed by atoms with E-state index in [9.17, 15) is 18.0 Å². The number of nitrogens with one attached hydrogen (secondary N) is 1. The van der Waals surface area contributed by atoms with Gasteiger partial charge in [-0.05, 0) is 56.7 Å². The summed E-state index contributed by atoms with van der Waals surface area (Å²) in [6.07, 6.45) is 1.13. The molecule has 0 saturated carbocycles. The number of sulfonamides is 1. The molecule has 12 heteroatoms. The van der Waals surface area contributed by atoms with E-state index in [1.54, 1.807) is 18.2 Å². The zero-order valence-corrected chi connectivity index (χ0v) is 26.8. The van der Waals surface area contributed by atoms with Gasteiger partial charge >= 0.3 is 0 Å². The molecule has 41 heavy (non-hydrogen) atoms. The highest BCUT2D eigenvalue weighted by molar-refractivity contribution is 7.92. The average Bonchev–Trinajstić information content (AvgIpc) is 2.86. The van der Waals surface area contributed by atoms with Crippen molar-refractivity contribution in [1.82, 2.24) is 10.2 Å². The lowest BCUT2D eigenvalue weighted by molar-refractivity contribution is -0.140. The number of halogens is 4. The monoisotopic (exact) mass is 657 g/mol. The summed E-state index contributed by atoms with van der Waals surface area (Å²) in [4.78, 5) is 29.2. The van der Waals surface area contributed by atoms with E-state index in [-0.39, 0.29) is 28.7 Å². The summed E-state index contributed by atoms with van der Waals surface area (Å²) in [5.74, 6) is -1.07. The van der Waals surface area contributed by atoms with Gasteiger partial charge in [0.25, 0.3) is 0 Å². The Morgan fingerprint density at radius 3 is 2.00 bits per heavy atom. The van der Waals surface area contributed by atoms with Crippen LogP contribution in [0.5, 0.6) is 0 Å². The van der Waals surface area contributed by atoms with Gasteiger partial charge < -0.3 is 10.2 Å². The number of rotatable bonds is 10. The third-order valence-corrected chi connectivity index (χ3v) is 8.62. The molecule has 3 aromatic carbocycles. The van der Waals surface area contributed by atoms with E-state index in [2.05, 4.69) is 5.32 Å². The third kappa shape index (κ3) is 9.25. The van der Waals surface area contributed by atoms with Crippen molar-refractivity contribution in [2.45, 2.75) is 45.3 Å². The Labute approximate surface area is 261 Å². The van der Waals surface area contributed by atoms with E-state index in [0.29, 0.717) is 15.6 Å². The highest BCUT2D eigenvalue weighted by atomic mass is 35.5. The number of benzene rings is 3. The quantitative estimate of drug-likeness (QED) is 0.265. The minimum Gasteiger partial charge on any atom is -0.350 e. The summed E-state index contributed by atoms with van der Waals surface area (Å²) in [5.41, 5.74) is 0.756. The summed E-state index contributed by atoms with van der Waals surface area (Å²) >= 11 is 25.2. The number of carbonyl (C=O) groups is 2. The molecule has 0 heterocycles. The van der Waals surface area contributed by atoms with Crippen LogP contribution in [0, 0.1) is 0 Å². The zero-order chi connectivity index (χ0) is 30.5. The van der Waals surface area contributed by atoms with Gasteiger partial charge in [0.05, 0.1) is 22.0 Å². The second-order valence-electron chi connectivity index (χ2n) is 10.5. The molecule has 0 bridgehead atoms. The molecule has 1 atom stereocenters. The van der Waals surface area contributed by atoms with Gasteiger partial charge in [0, 0.05) is 34.1 Å². The molecule has 0 aliphatic rings. The third-order valence-electron chi connectivity index (χ3n) is 6.03. The van der Waals surface area contributed by atoms with Crippen LogP contribution in [-0.4, -0.2) is 49.5 Å². The van der Waals surface area contributed by atoms with Gasteiger partial charge in [-0.2, -0.15) is 0 Å². The Balaban J connectivity index is 2.13. The molecule has 0 radical (unpaired) electrons. The van der Waals surface area contributed by atoms with Crippen LogP contribution in [0.1, 0.15) is 31.9 Å². The highest BCUT2D eigenvalue weighted by Gasteiger charge is 2.35. The lowest BCUT2D eigenvalue weighted by Gasteiger charge is -2.35. The van der Waals surface area contributed by atoms with Crippen molar-refractivity contribution in [1.29, 1.82) is 0 Å². The van der Waals surface area contributed by atoms with Crippen molar-refractivity contribution in [3.05, 3.63) is 97.9 Å². The van der Waals surface area contributed by atoms with Crippen molar-refractivity contribution in [3.63, 3.8) is 0 Å². The van der Waals surface area contributed by atoms with Gasteiger partial charge in [-0.15, -0.1) is 0 Å². The van der Waals surface area contributed by atoms with Crippen LogP contribution < -0.4 is 9.62 Å². The molecule has 0 aromatic heterocycles. The largest absolute Gasteiger partial charge is 0.350 e. The van der Waals surface area contributed by atoms with Crippen molar-refractivity contribution < 1.29 is 18.0 Å². The first-order valence-corrected chi connectivity index (χ1v) is 15.9. The first-order chi connectivity index (χ1) is 19.1. The SMILES string of the molecule is CC(C)(C)NC(=O)[C@H](Cc1ccccc1)N(Cc1c(Cl)cccc1Cl)C(=O)CN(c1ccc(Cl)c(Cl)c1)S(C)(=O)=O. The van der Waals surface area contributed by atoms with Crippen molar-refractivity contribution >= 4 is 73.9 Å². The van der Waals surface area contributed by atoms with Gasteiger partial charge in [0.15, 0.2) is 0 Å². The normalized spacial score (nSPS) is 12.5. The Morgan fingerprint density at radius 2 is 1.46 bits per heavy atom. The smallest absolute Gasteiger partial charge is 0.244 e. The van der Waals surface area contributed by atoms with Crippen molar-refractivity contribution in [3.8, 4) is 0 Å². The minimum atomic E-state index is -3.97. The van der Waals surface area contributed by atoms with E-state index in [0.717, 1.165) is 16.1 Å². The maximum Gasteiger partial charge on any atom is 0.244 e. The number of carbonyl (C=O) groups excluding carboxylic acids is 2. The predicted molar refractivity (Wildman–Crippen MR) is 167 cm³/mol. The summed E-state index contributed by atoms with van der Waals surface area (Å²) in [6.45, 7) is 4.73. The molecule has 0 unspecified atom stereocenters. The number of nitrogens with zero attached hydrogens (tertiary/aromatic N) is 2. The molecular formula is C29H31Cl4N3O4S. The van der Waals surface area contributed by atoms with E-state index in [4.69, 9.17) is 46.4 Å². The molecule has 0 saturated heterocycles. The fraction of sp³-hybridized carbons (Fsp3) is 0.310. The number of hydrogen-bond acceptors (Lipinski definition) is 4. The molecule has 1 N–H and O–H groups in total. The van der Waals surface area contributed by atoms with Crippen LogP contribution in [0.2, 0.25) is 20.1 Å². The molecule has 0 aliphatic carbocycles. The van der Waals surface area contributed by atoms with Gasteiger partial charge in [-0.25, -0.2) is 8.42 Å². The van der Waals surface area contributed by atoms with Gasteiger partial charge in [-0.3, -0.25) is 13.9 Å². The van der Waals surface area contributed by atoms with E-state index in [1.165, 1.54) is 23.1 Å². The van der Waals surface area contributed by atoms with E-state index in [1.807, 2.05) is 51.1 Å². The molecule has 3 aromatic rings. The molecule has 0 fully saturated rings. The Bertz CT molecular complexity index is 1490. The summed E-state index contributed by atoms with van der Waals surface area (Å²) in [7, 11) is -3.97. The fourth-order valence-corrected chi connectivity index (χ4v) is 5.77. The zero-order valence-electron chi connectivity index (χ0n) is 23.0. The Kier molecular flexibility index (Phi) is 11.0. The van der Waals surface area contributed by atoms with Gasteiger partial charge in [0.1, 0.15) is 12.6 Å². The lowest BCUT2D eigenvalue weighted by atomic mass is 10.0. The molecular weight excluding hydrogens is 628 g/mol. The summed E-state index contributed by atoms with van der Waals surface area (Å²) < 4.78 is 26.7. The first kappa shape index (κ1) is 33.0. The maximum absolute atomic E-state index is 14.1. The maximum atomic E-state index is 14.1. The van der Waals surface area contributed by atoms with Crippen LogP contribution in [0.4, 0.5) is 5.69 Å². The van der Waals surface area contributed by atoms with Crippen molar-refractivity contribution in [2.75, 3.05) is 17.1 Å². The minimum absolute atomic E-state index is 0.122. The number of anilines is 1. The topological polar surface area (TPSA) is 86.8 Å². The second-order valence-corrected chi connectivity index (χ2v) is 14.1. The Hall–Kier alpha value is -2.49. The number of amides is 2. The van der Waals surface area contributed by atoms with E-state index >= 15 is 0 Å². The van der Waals surface area contributed by atoms with Gasteiger partial charge in [0.2, 0.25) is 21.8 Å². The standard InChI is InChI=1S/C29H31Cl4N3O4S/c1-29(2,3)34-28(38)26(15-19-9-6-5-7-10-19)35(17-21-22(30)11-8-12-23(21)31)27(37)18-36(41(4,39)40)20-13-14-24(32)25(33)16-20/h5-14,16,26H,15,17-18H2,1-4H3,(H,34,38)/t26-/m0/s1. The first-order valence-electron chi connectivity index (χ1n) is 12.6. The predicted octanol–water partition coefficient (Wildman–Crippen LogP) is 6.62. The number of hydrogen-bond donors (Lipinski definition) is 1. The van der Waals surface area contributed by atoms with Crippen molar-refractivity contribution in [2.24, 2.45) is 0 Å². The second kappa shape index (κ2) is 13.7. The summed E-state index contributed by atoms with van der Waals surface area (Å²) in [5, 5.41) is 3.91. The molecule has 0 spiro atoms. The van der Waals surface area contributed by atoms with E-state index < -0.39 is 40.0 Å². The van der Waals surface area contributed by atoms with Crippen LogP contribution in [-0.2, 0) is 32.6 Å². The van der Waals surface area contributed by atoms with Gasteiger partial charge in [-0.1, -0.05) is 82.8 Å². The van der Waals surface area contributed by atoms with Crippen LogP contribution in [0.3, 0.4) is 0 Å². The molecule has 0 aliphatic heterocycles. The van der Waals surface area contributed by atoms with Crippen LogP contribution >= 0.6 is 46.4 Å². The molecule has 220 valence electrons. The fourth-order valence-electron chi connectivity index (χ4n) is 4.11.